The summed E-state index contributed by atoms with van der Waals surface area (Å²) in [6.45, 7) is 3.82. The van der Waals surface area contributed by atoms with Gasteiger partial charge in [-0.05, 0) is 62.1 Å². The summed E-state index contributed by atoms with van der Waals surface area (Å²) >= 11 is 0. The van der Waals surface area contributed by atoms with Crippen LogP contribution in [0.3, 0.4) is 0 Å². The van der Waals surface area contributed by atoms with Crippen molar-refractivity contribution in [1.29, 1.82) is 0 Å². The maximum atomic E-state index is 13.6. The number of hydrogen-bond donors (Lipinski definition) is 1. The number of hydrogen-bond acceptors (Lipinski definition) is 6. The number of aryl methyl sites for hydroxylation is 2. The summed E-state index contributed by atoms with van der Waals surface area (Å²) < 4.78 is 13.5. The predicted molar refractivity (Wildman–Crippen MR) is 133 cm³/mol. The van der Waals surface area contributed by atoms with Gasteiger partial charge in [0.1, 0.15) is 23.6 Å². The fraction of sp³-hybridized carbons (Fsp3) is 0.308. The van der Waals surface area contributed by atoms with Gasteiger partial charge in [-0.1, -0.05) is 6.07 Å². The van der Waals surface area contributed by atoms with E-state index in [-0.39, 0.29) is 18.0 Å². The van der Waals surface area contributed by atoms with Gasteiger partial charge < -0.3 is 14.8 Å². The van der Waals surface area contributed by atoms with E-state index in [1.807, 2.05) is 32.0 Å². The largest absolute Gasteiger partial charge is 0.497 e. The molecule has 0 unspecified atom stereocenters. The number of benzene rings is 2. The molecule has 35 heavy (non-hydrogen) atoms. The number of carbonyl (C=O) groups excluding carboxylic acids is 1. The lowest BCUT2D eigenvalue weighted by Gasteiger charge is -2.13. The van der Waals surface area contributed by atoms with Gasteiger partial charge in [0.15, 0.2) is 0 Å². The Morgan fingerprint density at radius 1 is 1.09 bits per heavy atom. The number of aromatic nitrogens is 4. The minimum atomic E-state index is -0.399. The third-order valence-corrected chi connectivity index (χ3v) is 6.38. The molecule has 2 aromatic heterocycles. The molecule has 2 heterocycles. The molecule has 1 fully saturated rings. The molecule has 1 aliphatic carbocycles. The minimum Gasteiger partial charge on any atom is -0.497 e. The molecule has 2 aromatic carbocycles. The van der Waals surface area contributed by atoms with Crippen LogP contribution >= 0.6 is 0 Å². The van der Waals surface area contributed by atoms with Crippen LogP contribution in [0.25, 0.3) is 16.6 Å². The molecule has 9 heteroatoms. The first kappa shape index (κ1) is 22.6. The highest BCUT2D eigenvalue weighted by Gasteiger charge is 2.30. The predicted octanol–water partition coefficient (Wildman–Crippen LogP) is 3.73. The van der Waals surface area contributed by atoms with Crippen molar-refractivity contribution >= 4 is 22.5 Å². The quantitative estimate of drug-likeness (QED) is 0.439. The van der Waals surface area contributed by atoms with E-state index in [2.05, 4.69) is 15.5 Å². The van der Waals surface area contributed by atoms with E-state index in [1.165, 1.54) is 11.8 Å². The van der Waals surface area contributed by atoms with Crippen molar-refractivity contribution in [3.63, 3.8) is 0 Å². The van der Waals surface area contributed by atoms with Crippen LogP contribution in [0.4, 0.5) is 5.69 Å². The van der Waals surface area contributed by atoms with Gasteiger partial charge >= 0.3 is 0 Å². The summed E-state index contributed by atoms with van der Waals surface area (Å²) in [6.07, 6.45) is 3.71. The van der Waals surface area contributed by atoms with Gasteiger partial charge in [-0.2, -0.15) is 10.2 Å². The van der Waals surface area contributed by atoms with Crippen molar-refractivity contribution in [2.24, 2.45) is 0 Å². The molecule has 1 aliphatic rings. The molecule has 4 aromatic rings. The first-order chi connectivity index (χ1) is 16.9. The summed E-state index contributed by atoms with van der Waals surface area (Å²) in [5.41, 5.74) is 4.38. The lowest BCUT2D eigenvalue weighted by Crippen LogP contribution is -2.31. The average molecular weight is 474 g/mol. The van der Waals surface area contributed by atoms with Crippen molar-refractivity contribution < 1.29 is 14.3 Å². The van der Waals surface area contributed by atoms with E-state index in [1.54, 1.807) is 36.2 Å². The number of anilines is 1. The van der Waals surface area contributed by atoms with E-state index in [4.69, 9.17) is 9.47 Å². The van der Waals surface area contributed by atoms with Gasteiger partial charge in [0, 0.05) is 17.4 Å². The van der Waals surface area contributed by atoms with Crippen molar-refractivity contribution in [2.45, 2.75) is 39.2 Å². The summed E-state index contributed by atoms with van der Waals surface area (Å²) in [5.74, 6) is 0.931. The zero-order valence-corrected chi connectivity index (χ0v) is 20.2. The molecular weight excluding hydrogens is 446 g/mol. The zero-order chi connectivity index (χ0) is 24.7. The second-order valence-electron chi connectivity index (χ2n) is 8.82. The Bertz CT molecular complexity index is 1500. The summed E-state index contributed by atoms with van der Waals surface area (Å²) in [7, 11) is 3.07. The molecular formula is C26H27N5O4. The third-order valence-electron chi connectivity index (χ3n) is 6.38. The highest BCUT2D eigenvalue weighted by atomic mass is 16.5. The number of carbonyl (C=O) groups is 1. The Morgan fingerprint density at radius 2 is 1.89 bits per heavy atom. The minimum absolute atomic E-state index is 0.243. The van der Waals surface area contributed by atoms with Gasteiger partial charge in [0.2, 0.25) is 5.91 Å². The van der Waals surface area contributed by atoms with Crippen molar-refractivity contribution in [1.82, 2.24) is 19.6 Å². The van der Waals surface area contributed by atoms with Crippen molar-refractivity contribution in [3.05, 3.63) is 69.8 Å². The highest BCUT2D eigenvalue weighted by Crippen LogP contribution is 2.41. The molecule has 0 aliphatic heterocycles. The fourth-order valence-electron chi connectivity index (χ4n) is 4.15. The average Bonchev–Trinajstić information content (AvgIpc) is 3.60. The van der Waals surface area contributed by atoms with Gasteiger partial charge in [-0.25, -0.2) is 9.36 Å². The molecule has 1 amide bonds. The number of fused-ring (bicyclic) bond motifs is 1. The molecule has 0 saturated heterocycles. The number of nitrogens with zero attached hydrogens (tertiary/aromatic N) is 4. The van der Waals surface area contributed by atoms with Crippen molar-refractivity contribution in [3.8, 4) is 17.2 Å². The van der Waals surface area contributed by atoms with Crippen LogP contribution in [0, 0.1) is 13.8 Å². The standard InChI is InChI=1S/C26H27N5O4/c1-15-5-8-18(11-16(15)2)31-25-20(13-27-31)24(17-6-7-17)29-30(26(25)33)14-23(32)28-21-12-19(34-3)9-10-22(21)35-4/h5,8-13,17H,6-7,14H2,1-4H3,(H,28,32). The van der Waals surface area contributed by atoms with Crippen molar-refractivity contribution in [2.75, 3.05) is 19.5 Å². The Morgan fingerprint density at radius 3 is 2.57 bits per heavy atom. The van der Waals surface area contributed by atoms with Crippen LogP contribution in [-0.2, 0) is 11.3 Å². The normalized spacial score (nSPS) is 13.1. The number of methoxy groups -OCH3 is 2. The molecule has 1 N–H and O–H groups in total. The Balaban J connectivity index is 1.54. The summed E-state index contributed by atoms with van der Waals surface area (Å²) in [5, 5.41) is 12.7. The van der Waals surface area contributed by atoms with Crippen LogP contribution in [0.5, 0.6) is 11.5 Å². The molecule has 1 saturated carbocycles. The summed E-state index contributed by atoms with van der Waals surface area (Å²) in [4.78, 5) is 26.5. The summed E-state index contributed by atoms with van der Waals surface area (Å²) in [6, 6.07) is 11.1. The molecule has 9 nitrogen and oxygen atoms in total. The lowest BCUT2D eigenvalue weighted by molar-refractivity contribution is -0.117. The van der Waals surface area contributed by atoms with E-state index in [0.29, 0.717) is 22.7 Å². The second-order valence-corrected chi connectivity index (χ2v) is 8.82. The number of amides is 1. The third kappa shape index (κ3) is 4.25. The van der Waals surface area contributed by atoms with E-state index >= 15 is 0 Å². The molecule has 0 atom stereocenters. The van der Waals surface area contributed by atoms with Crippen LogP contribution in [0.2, 0.25) is 0 Å². The Labute approximate surface area is 202 Å². The van der Waals surface area contributed by atoms with Gasteiger partial charge in [-0.3, -0.25) is 9.59 Å². The monoisotopic (exact) mass is 473 g/mol. The van der Waals surface area contributed by atoms with E-state index in [0.717, 1.165) is 40.7 Å². The van der Waals surface area contributed by atoms with E-state index < -0.39 is 5.91 Å². The SMILES string of the molecule is COc1ccc(OC)c(NC(=O)Cn2nc(C3CC3)c3cnn(-c4ccc(C)c(C)c4)c3c2=O)c1. The van der Waals surface area contributed by atoms with Crippen LogP contribution < -0.4 is 20.3 Å². The number of ether oxygens (including phenoxy) is 2. The molecule has 0 bridgehead atoms. The maximum absolute atomic E-state index is 13.6. The van der Waals surface area contributed by atoms with Gasteiger partial charge in [-0.15, -0.1) is 0 Å². The molecule has 0 radical (unpaired) electrons. The molecule has 180 valence electrons. The first-order valence-electron chi connectivity index (χ1n) is 11.5. The number of nitrogens with one attached hydrogen (secondary N) is 1. The Hall–Kier alpha value is -4.14. The molecule has 5 rings (SSSR count). The highest BCUT2D eigenvalue weighted by molar-refractivity contribution is 5.92. The van der Waals surface area contributed by atoms with Gasteiger partial charge in [0.25, 0.3) is 5.56 Å². The van der Waals surface area contributed by atoms with Crippen LogP contribution in [0.1, 0.15) is 35.6 Å². The maximum Gasteiger partial charge on any atom is 0.293 e. The smallest absolute Gasteiger partial charge is 0.293 e. The molecule has 0 spiro atoms. The Kier molecular flexibility index (Phi) is 5.76. The van der Waals surface area contributed by atoms with Crippen LogP contribution in [0.15, 0.2) is 47.4 Å². The topological polar surface area (TPSA) is 100 Å². The van der Waals surface area contributed by atoms with Crippen LogP contribution in [-0.4, -0.2) is 39.7 Å². The second kappa shape index (κ2) is 8.90. The zero-order valence-electron chi connectivity index (χ0n) is 20.2. The number of rotatable bonds is 7. The van der Waals surface area contributed by atoms with Gasteiger partial charge in [0.05, 0.1) is 37.5 Å². The first-order valence-corrected chi connectivity index (χ1v) is 11.5. The lowest BCUT2D eigenvalue weighted by atomic mass is 10.1. The fourth-order valence-corrected chi connectivity index (χ4v) is 4.15. The van der Waals surface area contributed by atoms with E-state index in [9.17, 15) is 9.59 Å².